The minimum Gasteiger partial charge on any atom is -0.456 e. The molecule has 0 amide bonds. The molecule has 14 heavy (non-hydrogen) atoms. The Morgan fingerprint density at radius 2 is 2.21 bits per heavy atom. The molecule has 2 saturated heterocycles. The molecule has 0 aliphatic carbocycles. The molecular weight excluding hydrogens is 184 g/mol. The fraction of sp³-hybridized carbons (Fsp3) is 0.700. The van der Waals surface area contributed by atoms with Crippen molar-refractivity contribution in [1.82, 2.24) is 0 Å². The molecule has 3 atom stereocenters. The van der Waals surface area contributed by atoms with Gasteiger partial charge in [-0.15, -0.1) is 6.58 Å². The van der Waals surface area contributed by atoms with Crippen LogP contribution in [0.15, 0.2) is 12.7 Å². The standard InChI is InChI=1S/C10H14O4/c1-4-6-9-7(5-8(11)12-9)14-10(2,3)13-6/h4,6-7,9H,1,5H2,2-3H3/t6-,7+,9+/m1/s1. The van der Waals surface area contributed by atoms with E-state index in [1.807, 2.05) is 13.8 Å². The fourth-order valence-electron chi connectivity index (χ4n) is 1.91. The highest BCUT2D eigenvalue weighted by Gasteiger charge is 2.48. The maximum atomic E-state index is 11.1. The lowest BCUT2D eigenvalue weighted by Crippen LogP contribution is -2.51. The molecule has 0 aromatic rings. The summed E-state index contributed by atoms with van der Waals surface area (Å²) in [7, 11) is 0. The number of rotatable bonds is 1. The zero-order valence-corrected chi connectivity index (χ0v) is 8.36. The lowest BCUT2D eigenvalue weighted by atomic mass is 10.0. The normalized spacial score (nSPS) is 40.1. The summed E-state index contributed by atoms with van der Waals surface area (Å²) in [4.78, 5) is 11.1. The lowest BCUT2D eigenvalue weighted by Gasteiger charge is -2.40. The second kappa shape index (κ2) is 3.07. The Morgan fingerprint density at radius 3 is 2.86 bits per heavy atom. The highest BCUT2D eigenvalue weighted by atomic mass is 16.7. The van der Waals surface area contributed by atoms with E-state index < -0.39 is 5.79 Å². The van der Waals surface area contributed by atoms with Crippen molar-refractivity contribution in [1.29, 1.82) is 0 Å². The average molecular weight is 198 g/mol. The van der Waals surface area contributed by atoms with Crippen LogP contribution in [-0.2, 0) is 19.0 Å². The number of esters is 1. The first-order valence-electron chi connectivity index (χ1n) is 4.69. The van der Waals surface area contributed by atoms with Crippen molar-refractivity contribution in [3.63, 3.8) is 0 Å². The molecule has 0 saturated carbocycles. The summed E-state index contributed by atoms with van der Waals surface area (Å²) < 4.78 is 16.3. The molecule has 0 radical (unpaired) electrons. The summed E-state index contributed by atoms with van der Waals surface area (Å²) in [6.45, 7) is 7.31. The van der Waals surface area contributed by atoms with Crippen molar-refractivity contribution < 1.29 is 19.0 Å². The van der Waals surface area contributed by atoms with E-state index in [-0.39, 0.29) is 24.3 Å². The number of hydrogen-bond acceptors (Lipinski definition) is 4. The molecule has 0 bridgehead atoms. The van der Waals surface area contributed by atoms with Crippen LogP contribution in [0, 0.1) is 0 Å². The van der Waals surface area contributed by atoms with Gasteiger partial charge in [0.1, 0.15) is 12.2 Å². The summed E-state index contributed by atoms with van der Waals surface area (Å²) >= 11 is 0. The molecule has 0 aromatic heterocycles. The fourth-order valence-corrected chi connectivity index (χ4v) is 1.91. The second-order valence-electron chi connectivity index (χ2n) is 4.03. The molecule has 0 N–H and O–H groups in total. The Balaban J connectivity index is 2.19. The van der Waals surface area contributed by atoms with E-state index in [0.717, 1.165) is 0 Å². The van der Waals surface area contributed by atoms with Gasteiger partial charge in [-0.25, -0.2) is 0 Å². The van der Waals surface area contributed by atoms with Crippen LogP contribution in [0.2, 0.25) is 0 Å². The minimum atomic E-state index is -0.673. The molecule has 2 rings (SSSR count). The van der Waals surface area contributed by atoms with Gasteiger partial charge < -0.3 is 14.2 Å². The minimum absolute atomic E-state index is 0.200. The highest BCUT2D eigenvalue weighted by molar-refractivity contribution is 5.72. The van der Waals surface area contributed by atoms with Crippen LogP contribution in [0.1, 0.15) is 20.3 Å². The first-order chi connectivity index (χ1) is 6.52. The van der Waals surface area contributed by atoms with Gasteiger partial charge in [0.15, 0.2) is 11.9 Å². The predicted molar refractivity (Wildman–Crippen MR) is 48.5 cm³/mol. The van der Waals surface area contributed by atoms with Gasteiger partial charge >= 0.3 is 5.97 Å². The van der Waals surface area contributed by atoms with E-state index >= 15 is 0 Å². The molecule has 4 nitrogen and oxygen atoms in total. The van der Waals surface area contributed by atoms with Crippen LogP contribution in [0.25, 0.3) is 0 Å². The Hall–Kier alpha value is -0.870. The summed E-state index contributed by atoms with van der Waals surface area (Å²) in [5.74, 6) is -0.901. The molecule has 0 aromatic carbocycles. The quantitative estimate of drug-likeness (QED) is 0.466. The van der Waals surface area contributed by atoms with Crippen LogP contribution in [-0.4, -0.2) is 30.1 Å². The van der Waals surface area contributed by atoms with Crippen LogP contribution in [0.5, 0.6) is 0 Å². The van der Waals surface area contributed by atoms with Crippen molar-refractivity contribution in [2.45, 2.75) is 44.4 Å². The van der Waals surface area contributed by atoms with E-state index in [4.69, 9.17) is 14.2 Å². The van der Waals surface area contributed by atoms with E-state index in [2.05, 4.69) is 6.58 Å². The largest absolute Gasteiger partial charge is 0.456 e. The second-order valence-corrected chi connectivity index (χ2v) is 4.03. The van der Waals surface area contributed by atoms with Gasteiger partial charge in [0.25, 0.3) is 0 Å². The number of fused-ring (bicyclic) bond motifs is 1. The molecule has 78 valence electrons. The molecule has 2 aliphatic heterocycles. The predicted octanol–water partition coefficient (Wildman–Crippen LogP) is 1.01. The summed E-state index contributed by atoms with van der Waals surface area (Å²) in [5, 5.41) is 0. The van der Waals surface area contributed by atoms with Gasteiger partial charge in [0, 0.05) is 0 Å². The van der Waals surface area contributed by atoms with Gasteiger partial charge in [-0.1, -0.05) is 6.08 Å². The first kappa shape index (κ1) is 9.68. The average Bonchev–Trinajstić information content (AvgIpc) is 2.41. The van der Waals surface area contributed by atoms with Gasteiger partial charge in [0.2, 0.25) is 0 Å². The number of carbonyl (C=O) groups excluding carboxylic acids is 1. The van der Waals surface area contributed by atoms with Crippen LogP contribution in [0.4, 0.5) is 0 Å². The van der Waals surface area contributed by atoms with Crippen molar-refractivity contribution in [2.24, 2.45) is 0 Å². The van der Waals surface area contributed by atoms with Gasteiger partial charge in [-0.3, -0.25) is 4.79 Å². The number of carbonyl (C=O) groups is 1. The third-order valence-electron chi connectivity index (χ3n) is 2.41. The summed E-state index contributed by atoms with van der Waals surface area (Å²) in [6, 6.07) is 0. The topological polar surface area (TPSA) is 44.8 Å². The van der Waals surface area contributed by atoms with Crippen molar-refractivity contribution in [3.8, 4) is 0 Å². The third kappa shape index (κ3) is 1.55. The van der Waals surface area contributed by atoms with E-state index in [1.54, 1.807) is 6.08 Å². The van der Waals surface area contributed by atoms with E-state index in [9.17, 15) is 4.79 Å². The summed E-state index contributed by atoms with van der Waals surface area (Å²) in [6.07, 6.45) is 1.17. The summed E-state index contributed by atoms with van der Waals surface area (Å²) in [5.41, 5.74) is 0. The molecule has 0 spiro atoms. The number of ether oxygens (including phenoxy) is 3. The molecule has 0 unspecified atom stereocenters. The molecule has 4 heteroatoms. The van der Waals surface area contributed by atoms with E-state index in [0.29, 0.717) is 6.42 Å². The van der Waals surface area contributed by atoms with Crippen LogP contribution < -0.4 is 0 Å². The SMILES string of the molecule is C=C[C@H]1OC(C)(C)O[C@H]2CC(=O)O[C@H]21. The zero-order chi connectivity index (χ0) is 10.3. The van der Waals surface area contributed by atoms with Crippen molar-refractivity contribution in [3.05, 3.63) is 12.7 Å². The molecular formula is C10H14O4. The Morgan fingerprint density at radius 1 is 1.50 bits per heavy atom. The lowest BCUT2D eigenvalue weighted by molar-refractivity contribution is -0.310. The van der Waals surface area contributed by atoms with Crippen LogP contribution >= 0.6 is 0 Å². The highest BCUT2D eigenvalue weighted by Crippen LogP contribution is 2.34. The first-order valence-corrected chi connectivity index (χ1v) is 4.69. The maximum absolute atomic E-state index is 11.1. The van der Waals surface area contributed by atoms with E-state index in [1.165, 1.54) is 0 Å². The Labute approximate surface area is 82.8 Å². The molecule has 2 fully saturated rings. The third-order valence-corrected chi connectivity index (χ3v) is 2.41. The van der Waals surface area contributed by atoms with Crippen LogP contribution in [0.3, 0.4) is 0 Å². The van der Waals surface area contributed by atoms with Gasteiger partial charge in [-0.05, 0) is 13.8 Å². The maximum Gasteiger partial charge on any atom is 0.309 e. The van der Waals surface area contributed by atoms with Crippen molar-refractivity contribution >= 4 is 5.97 Å². The van der Waals surface area contributed by atoms with Gasteiger partial charge in [0.05, 0.1) is 6.42 Å². The monoisotopic (exact) mass is 198 g/mol. The zero-order valence-electron chi connectivity index (χ0n) is 8.36. The molecule has 2 heterocycles. The van der Waals surface area contributed by atoms with Crippen molar-refractivity contribution in [2.75, 3.05) is 0 Å². The Kier molecular flexibility index (Phi) is 2.12. The smallest absolute Gasteiger partial charge is 0.309 e. The van der Waals surface area contributed by atoms with Gasteiger partial charge in [-0.2, -0.15) is 0 Å². The molecule has 2 aliphatic rings. The number of hydrogen-bond donors (Lipinski definition) is 0. The Bertz CT molecular complexity index is 271.